The first-order chi connectivity index (χ1) is 8.40. The van der Waals surface area contributed by atoms with E-state index in [-0.39, 0.29) is 0 Å². The van der Waals surface area contributed by atoms with Gasteiger partial charge < -0.3 is 9.80 Å². The van der Waals surface area contributed by atoms with Crippen LogP contribution in [-0.4, -0.2) is 54.4 Å². The van der Waals surface area contributed by atoms with Crippen LogP contribution >= 0.6 is 11.6 Å². The number of hydrogen-bond donors (Lipinski definition) is 0. The van der Waals surface area contributed by atoms with E-state index in [1.165, 1.54) is 77.7 Å². The first kappa shape index (κ1) is 13.6. The summed E-state index contributed by atoms with van der Waals surface area (Å²) in [5.74, 6) is 0.824. The summed E-state index contributed by atoms with van der Waals surface area (Å²) in [5, 5.41) is 0. The lowest BCUT2D eigenvalue weighted by molar-refractivity contribution is 0.0921. The van der Waals surface area contributed by atoms with E-state index < -0.39 is 0 Å². The van der Waals surface area contributed by atoms with Crippen LogP contribution in [-0.2, 0) is 0 Å². The largest absolute Gasteiger partial charge is 0.303 e. The van der Waals surface area contributed by atoms with E-state index in [1.54, 1.807) is 0 Å². The molecule has 0 amide bonds. The van der Waals surface area contributed by atoms with Crippen molar-refractivity contribution in [1.29, 1.82) is 0 Å². The van der Waals surface area contributed by atoms with E-state index in [1.807, 2.05) is 0 Å². The second-order valence-electron chi connectivity index (χ2n) is 5.57. The standard InChI is InChI=1S/C14H27ClN2/c15-8-2-5-9-16-12-6-14(7-13-16)17-10-3-1-4-11-17/h14H,1-13H2. The van der Waals surface area contributed by atoms with Gasteiger partial charge in [-0.25, -0.2) is 0 Å². The Morgan fingerprint density at radius 1 is 0.882 bits per heavy atom. The van der Waals surface area contributed by atoms with Crippen LogP contribution in [0.25, 0.3) is 0 Å². The van der Waals surface area contributed by atoms with Crippen molar-refractivity contribution in [3.8, 4) is 0 Å². The molecule has 2 aliphatic rings. The molecule has 2 rings (SSSR count). The van der Waals surface area contributed by atoms with E-state index >= 15 is 0 Å². The predicted molar refractivity (Wildman–Crippen MR) is 74.8 cm³/mol. The molecular weight excluding hydrogens is 232 g/mol. The molecule has 0 aromatic carbocycles. The van der Waals surface area contributed by atoms with Gasteiger partial charge in [-0.2, -0.15) is 0 Å². The number of nitrogens with zero attached hydrogens (tertiary/aromatic N) is 2. The van der Waals surface area contributed by atoms with E-state index in [0.717, 1.165) is 11.9 Å². The normalized spacial score (nSPS) is 25.2. The van der Waals surface area contributed by atoms with Crippen molar-refractivity contribution in [2.24, 2.45) is 0 Å². The molecule has 100 valence electrons. The fourth-order valence-electron chi connectivity index (χ4n) is 3.22. The number of halogens is 1. The third-order valence-corrected chi connectivity index (χ3v) is 4.59. The van der Waals surface area contributed by atoms with Gasteiger partial charge >= 0.3 is 0 Å². The van der Waals surface area contributed by atoms with E-state index in [2.05, 4.69) is 9.80 Å². The third kappa shape index (κ3) is 4.42. The van der Waals surface area contributed by atoms with Crippen LogP contribution in [0.4, 0.5) is 0 Å². The molecule has 0 aliphatic carbocycles. The molecule has 0 N–H and O–H groups in total. The molecule has 2 nitrogen and oxygen atoms in total. The highest BCUT2D eigenvalue weighted by molar-refractivity contribution is 6.17. The van der Waals surface area contributed by atoms with Crippen molar-refractivity contribution in [1.82, 2.24) is 9.80 Å². The van der Waals surface area contributed by atoms with Crippen molar-refractivity contribution in [3.05, 3.63) is 0 Å². The molecule has 0 atom stereocenters. The van der Waals surface area contributed by atoms with E-state index in [9.17, 15) is 0 Å². The van der Waals surface area contributed by atoms with E-state index in [0.29, 0.717) is 0 Å². The monoisotopic (exact) mass is 258 g/mol. The van der Waals surface area contributed by atoms with Crippen molar-refractivity contribution in [3.63, 3.8) is 0 Å². The van der Waals surface area contributed by atoms with Gasteiger partial charge in [0.05, 0.1) is 0 Å². The van der Waals surface area contributed by atoms with Crippen LogP contribution in [0.5, 0.6) is 0 Å². The van der Waals surface area contributed by atoms with Crippen LogP contribution in [0, 0.1) is 0 Å². The van der Waals surface area contributed by atoms with Gasteiger partial charge in [0.15, 0.2) is 0 Å². The summed E-state index contributed by atoms with van der Waals surface area (Å²) < 4.78 is 0. The van der Waals surface area contributed by atoms with Crippen LogP contribution in [0.15, 0.2) is 0 Å². The molecule has 0 aromatic rings. The Morgan fingerprint density at radius 3 is 2.24 bits per heavy atom. The Balaban J connectivity index is 1.63. The summed E-state index contributed by atoms with van der Waals surface area (Å²) in [6.07, 6.45) is 9.53. The number of alkyl halides is 1. The minimum atomic E-state index is 0.824. The summed E-state index contributed by atoms with van der Waals surface area (Å²) >= 11 is 5.72. The van der Waals surface area contributed by atoms with Gasteiger partial charge in [0.2, 0.25) is 0 Å². The van der Waals surface area contributed by atoms with Gasteiger partial charge in [0.1, 0.15) is 0 Å². The smallest absolute Gasteiger partial charge is 0.0223 e. The summed E-state index contributed by atoms with van der Waals surface area (Å²) in [5.41, 5.74) is 0. The molecule has 0 unspecified atom stereocenters. The first-order valence-corrected chi connectivity index (χ1v) is 7.96. The zero-order valence-electron chi connectivity index (χ0n) is 11.0. The second kappa shape index (κ2) is 7.60. The lowest BCUT2D eigenvalue weighted by Gasteiger charge is -2.40. The lowest BCUT2D eigenvalue weighted by atomic mass is 10.00. The minimum absolute atomic E-state index is 0.824. The van der Waals surface area contributed by atoms with Crippen LogP contribution in [0.1, 0.15) is 44.9 Å². The zero-order valence-corrected chi connectivity index (χ0v) is 11.8. The molecule has 0 aromatic heterocycles. The molecule has 2 fully saturated rings. The second-order valence-corrected chi connectivity index (χ2v) is 5.94. The van der Waals surface area contributed by atoms with Crippen LogP contribution in [0.2, 0.25) is 0 Å². The fraction of sp³-hybridized carbons (Fsp3) is 1.00. The maximum absolute atomic E-state index is 5.72. The lowest BCUT2D eigenvalue weighted by Crippen LogP contribution is -2.46. The quantitative estimate of drug-likeness (QED) is 0.553. The van der Waals surface area contributed by atoms with E-state index in [4.69, 9.17) is 11.6 Å². The molecule has 0 spiro atoms. The summed E-state index contributed by atoms with van der Waals surface area (Å²) in [7, 11) is 0. The Kier molecular flexibility index (Phi) is 6.10. The molecule has 0 saturated carbocycles. The number of piperidine rings is 2. The van der Waals surface area contributed by atoms with Crippen LogP contribution in [0.3, 0.4) is 0 Å². The molecule has 0 radical (unpaired) electrons. The maximum Gasteiger partial charge on any atom is 0.0223 e. The molecule has 2 aliphatic heterocycles. The number of hydrogen-bond acceptors (Lipinski definition) is 2. The number of unbranched alkanes of at least 4 members (excludes halogenated alkanes) is 1. The maximum atomic E-state index is 5.72. The molecular formula is C14H27ClN2. The highest BCUT2D eigenvalue weighted by atomic mass is 35.5. The Morgan fingerprint density at radius 2 is 1.59 bits per heavy atom. The minimum Gasteiger partial charge on any atom is -0.303 e. The highest BCUT2D eigenvalue weighted by Crippen LogP contribution is 2.20. The summed E-state index contributed by atoms with van der Waals surface area (Å²) in [4.78, 5) is 5.38. The topological polar surface area (TPSA) is 6.48 Å². The van der Waals surface area contributed by atoms with Gasteiger partial charge in [-0.3, -0.25) is 0 Å². The average Bonchev–Trinajstić information content (AvgIpc) is 2.41. The Labute approximate surface area is 111 Å². The summed E-state index contributed by atoms with van der Waals surface area (Å²) in [6.45, 7) is 6.60. The first-order valence-electron chi connectivity index (χ1n) is 7.42. The van der Waals surface area contributed by atoms with Gasteiger partial charge in [0.25, 0.3) is 0 Å². The third-order valence-electron chi connectivity index (χ3n) is 4.32. The fourth-order valence-corrected chi connectivity index (χ4v) is 3.41. The zero-order chi connectivity index (χ0) is 11.9. The molecule has 0 bridgehead atoms. The number of likely N-dealkylation sites (tertiary alicyclic amines) is 2. The molecule has 3 heteroatoms. The average molecular weight is 259 g/mol. The summed E-state index contributed by atoms with van der Waals surface area (Å²) in [6, 6.07) is 0.888. The number of rotatable bonds is 5. The van der Waals surface area contributed by atoms with Crippen molar-refractivity contribution in [2.45, 2.75) is 51.0 Å². The van der Waals surface area contributed by atoms with Crippen molar-refractivity contribution >= 4 is 11.6 Å². The molecule has 17 heavy (non-hydrogen) atoms. The van der Waals surface area contributed by atoms with Gasteiger partial charge in [-0.15, -0.1) is 11.6 Å². The van der Waals surface area contributed by atoms with Crippen LogP contribution < -0.4 is 0 Å². The van der Waals surface area contributed by atoms with Crippen molar-refractivity contribution in [2.75, 3.05) is 38.6 Å². The Bertz CT molecular complexity index is 196. The highest BCUT2D eigenvalue weighted by Gasteiger charge is 2.24. The molecule has 2 saturated heterocycles. The molecule has 2 heterocycles. The van der Waals surface area contributed by atoms with Crippen molar-refractivity contribution < 1.29 is 0 Å². The van der Waals surface area contributed by atoms with Gasteiger partial charge in [-0.05, 0) is 71.2 Å². The van der Waals surface area contributed by atoms with Gasteiger partial charge in [0, 0.05) is 11.9 Å². The van der Waals surface area contributed by atoms with Gasteiger partial charge in [-0.1, -0.05) is 6.42 Å². The predicted octanol–water partition coefficient (Wildman–Crippen LogP) is 2.96. The SMILES string of the molecule is ClCCCCN1CCC(N2CCCCC2)CC1. The Hall–Kier alpha value is 0.210.